The molecule has 0 aliphatic heterocycles. The molecule has 0 fully saturated rings. The molecule has 5 nitrogen and oxygen atoms in total. The molecule has 6 heteroatoms. The predicted octanol–water partition coefficient (Wildman–Crippen LogP) is 3.30. The van der Waals surface area contributed by atoms with E-state index in [4.69, 9.17) is 4.74 Å². The van der Waals surface area contributed by atoms with Crippen molar-refractivity contribution in [2.75, 3.05) is 6.61 Å². The lowest BCUT2D eigenvalue weighted by molar-refractivity contribution is -0.121. The van der Waals surface area contributed by atoms with Crippen LogP contribution in [0.4, 0.5) is 4.79 Å². The van der Waals surface area contributed by atoms with E-state index in [1.54, 1.807) is 6.92 Å². The van der Waals surface area contributed by atoms with Gasteiger partial charge in [0, 0.05) is 4.90 Å². The van der Waals surface area contributed by atoms with Crippen LogP contribution in [0.1, 0.15) is 17.7 Å². The molecule has 0 radical (unpaired) electrons. The summed E-state index contributed by atoms with van der Waals surface area (Å²) < 4.78 is 4.72. The summed E-state index contributed by atoms with van der Waals surface area (Å²) in [5.41, 5.74) is 5.50. The molecule has 2 aromatic carbocycles. The molecule has 2 aromatic rings. The van der Waals surface area contributed by atoms with E-state index >= 15 is 0 Å². The van der Waals surface area contributed by atoms with Gasteiger partial charge in [-0.1, -0.05) is 48.5 Å². The Hall–Kier alpha value is -2.47. The Morgan fingerprint density at radius 3 is 2.22 bits per heavy atom. The summed E-state index contributed by atoms with van der Waals surface area (Å²) in [6.45, 7) is 1.93. The van der Waals surface area contributed by atoms with Crippen molar-refractivity contribution >= 4 is 23.8 Å². The maximum atomic E-state index is 12.5. The molecule has 23 heavy (non-hydrogen) atoms. The average molecular weight is 330 g/mol. The van der Waals surface area contributed by atoms with Crippen molar-refractivity contribution in [3.05, 3.63) is 66.2 Å². The summed E-state index contributed by atoms with van der Waals surface area (Å²) >= 11 is 1.41. The van der Waals surface area contributed by atoms with Gasteiger partial charge >= 0.3 is 6.09 Å². The highest BCUT2D eigenvalue weighted by Crippen LogP contribution is 2.35. The fourth-order valence-corrected chi connectivity index (χ4v) is 2.93. The van der Waals surface area contributed by atoms with Crippen LogP contribution < -0.4 is 10.9 Å². The second-order valence-electron chi connectivity index (χ2n) is 4.56. The standard InChI is InChI=1S/C17H18N2O3S/c1-2-22-17(21)19-18-16(20)15(13-9-5-3-6-10-13)23-14-11-7-4-8-12-14/h3-12,15H,2H2,1H3,(H,18,20)(H,19,21)/t15-/m1/s1. The minimum absolute atomic E-state index is 0.239. The van der Waals surface area contributed by atoms with Crippen LogP contribution in [0, 0.1) is 0 Å². The lowest BCUT2D eigenvalue weighted by Crippen LogP contribution is -2.43. The zero-order valence-electron chi connectivity index (χ0n) is 12.7. The number of nitrogens with one attached hydrogen (secondary N) is 2. The lowest BCUT2D eigenvalue weighted by Gasteiger charge is -2.17. The number of hydrogen-bond acceptors (Lipinski definition) is 4. The van der Waals surface area contributed by atoms with E-state index < -0.39 is 11.3 Å². The van der Waals surface area contributed by atoms with Gasteiger partial charge in [-0.15, -0.1) is 11.8 Å². The van der Waals surface area contributed by atoms with Crippen molar-refractivity contribution in [2.24, 2.45) is 0 Å². The summed E-state index contributed by atoms with van der Waals surface area (Å²) in [5.74, 6) is -0.321. The number of carbonyl (C=O) groups excluding carboxylic acids is 2. The highest BCUT2D eigenvalue weighted by molar-refractivity contribution is 8.00. The molecule has 120 valence electrons. The zero-order valence-corrected chi connectivity index (χ0v) is 13.5. The quantitative estimate of drug-likeness (QED) is 0.652. The number of hydrazine groups is 1. The first-order chi connectivity index (χ1) is 11.2. The number of amides is 2. The van der Waals surface area contributed by atoms with E-state index in [-0.39, 0.29) is 12.5 Å². The summed E-state index contributed by atoms with van der Waals surface area (Å²) in [4.78, 5) is 24.7. The largest absolute Gasteiger partial charge is 0.449 e. The van der Waals surface area contributed by atoms with Gasteiger partial charge in [0.05, 0.1) is 6.61 Å². The van der Waals surface area contributed by atoms with Gasteiger partial charge in [0.25, 0.3) is 5.91 Å². The first-order valence-electron chi connectivity index (χ1n) is 7.20. The van der Waals surface area contributed by atoms with Crippen LogP contribution in [0.25, 0.3) is 0 Å². The second kappa shape index (κ2) is 8.85. The van der Waals surface area contributed by atoms with Crippen molar-refractivity contribution in [3.63, 3.8) is 0 Å². The summed E-state index contributed by atoms with van der Waals surface area (Å²) in [6, 6.07) is 19.0. The highest BCUT2D eigenvalue weighted by Gasteiger charge is 2.22. The fraction of sp³-hybridized carbons (Fsp3) is 0.176. The van der Waals surface area contributed by atoms with Crippen molar-refractivity contribution in [2.45, 2.75) is 17.1 Å². The third-order valence-corrected chi connectivity index (χ3v) is 4.17. The Balaban J connectivity index is 2.10. The Morgan fingerprint density at radius 1 is 1.00 bits per heavy atom. The van der Waals surface area contributed by atoms with Crippen LogP contribution in [-0.4, -0.2) is 18.6 Å². The molecule has 0 saturated carbocycles. The normalized spacial score (nSPS) is 11.3. The first-order valence-corrected chi connectivity index (χ1v) is 8.08. The van der Waals surface area contributed by atoms with Gasteiger partial charge in [-0.25, -0.2) is 10.2 Å². The molecular formula is C17H18N2O3S. The number of rotatable bonds is 5. The molecule has 0 spiro atoms. The molecular weight excluding hydrogens is 312 g/mol. The van der Waals surface area contributed by atoms with Crippen molar-refractivity contribution in [1.82, 2.24) is 10.9 Å². The van der Waals surface area contributed by atoms with E-state index in [0.29, 0.717) is 0 Å². The summed E-state index contributed by atoms with van der Waals surface area (Å²) in [7, 11) is 0. The molecule has 0 saturated heterocycles. The van der Waals surface area contributed by atoms with E-state index in [2.05, 4.69) is 10.9 Å². The number of hydrogen-bond donors (Lipinski definition) is 2. The number of benzene rings is 2. The number of carbonyl (C=O) groups is 2. The third-order valence-electron chi connectivity index (χ3n) is 2.90. The highest BCUT2D eigenvalue weighted by atomic mass is 32.2. The van der Waals surface area contributed by atoms with E-state index in [0.717, 1.165) is 10.5 Å². The molecule has 0 aliphatic rings. The Morgan fingerprint density at radius 2 is 1.61 bits per heavy atom. The summed E-state index contributed by atoms with van der Waals surface area (Å²) in [6.07, 6.45) is -0.683. The zero-order chi connectivity index (χ0) is 16.5. The average Bonchev–Trinajstić information content (AvgIpc) is 2.59. The SMILES string of the molecule is CCOC(=O)NNC(=O)[C@H](Sc1ccccc1)c1ccccc1. The van der Waals surface area contributed by atoms with Crippen LogP contribution in [-0.2, 0) is 9.53 Å². The minimum Gasteiger partial charge on any atom is -0.449 e. The molecule has 2 amide bonds. The van der Waals surface area contributed by atoms with Gasteiger partial charge in [-0.05, 0) is 24.6 Å². The predicted molar refractivity (Wildman–Crippen MR) is 89.8 cm³/mol. The van der Waals surface area contributed by atoms with Gasteiger partial charge in [-0.3, -0.25) is 10.2 Å². The minimum atomic E-state index is -0.683. The number of thioether (sulfide) groups is 1. The smallest absolute Gasteiger partial charge is 0.426 e. The molecule has 0 heterocycles. The van der Waals surface area contributed by atoms with Crippen molar-refractivity contribution in [3.8, 4) is 0 Å². The second-order valence-corrected chi connectivity index (χ2v) is 5.73. The van der Waals surface area contributed by atoms with Crippen LogP contribution in [0.5, 0.6) is 0 Å². The molecule has 2 N–H and O–H groups in total. The monoisotopic (exact) mass is 330 g/mol. The first kappa shape index (κ1) is 16.9. The van der Waals surface area contributed by atoms with Gasteiger partial charge < -0.3 is 4.74 Å². The Labute approximate surface area is 139 Å². The van der Waals surface area contributed by atoms with E-state index in [9.17, 15) is 9.59 Å². The molecule has 0 aromatic heterocycles. The lowest BCUT2D eigenvalue weighted by atomic mass is 10.1. The van der Waals surface area contributed by atoms with Crippen LogP contribution in [0.15, 0.2) is 65.6 Å². The fourth-order valence-electron chi connectivity index (χ4n) is 1.88. The van der Waals surface area contributed by atoms with Gasteiger partial charge in [0.1, 0.15) is 5.25 Å². The maximum absolute atomic E-state index is 12.5. The molecule has 2 rings (SSSR count). The van der Waals surface area contributed by atoms with Crippen LogP contribution in [0.2, 0.25) is 0 Å². The van der Waals surface area contributed by atoms with Gasteiger partial charge in [-0.2, -0.15) is 0 Å². The molecule has 0 unspecified atom stereocenters. The molecule has 0 bridgehead atoms. The maximum Gasteiger partial charge on any atom is 0.426 e. The van der Waals surface area contributed by atoms with Crippen molar-refractivity contribution < 1.29 is 14.3 Å². The van der Waals surface area contributed by atoms with Crippen molar-refractivity contribution in [1.29, 1.82) is 0 Å². The van der Waals surface area contributed by atoms with E-state index in [1.165, 1.54) is 11.8 Å². The number of ether oxygens (including phenoxy) is 1. The Kier molecular flexibility index (Phi) is 6.50. The van der Waals surface area contributed by atoms with Crippen LogP contribution in [0.3, 0.4) is 0 Å². The Bertz CT molecular complexity index is 635. The van der Waals surface area contributed by atoms with Crippen LogP contribution >= 0.6 is 11.8 Å². The topological polar surface area (TPSA) is 67.4 Å². The van der Waals surface area contributed by atoms with Gasteiger partial charge in [0.15, 0.2) is 0 Å². The molecule has 1 atom stereocenters. The van der Waals surface area contributed by atoms with Gasteiger partial charge in [0.2, 0.25) is 0 Å². The third kappa shape index (κ3) is 5.34. The van der Waals surface area contributed by atoms with E-state index in [1.807, 2.05) is 60.7 Å². The molecule has 0 aliphatic carbocycles. The summed E-state index contributed by atoms with van der Waals surface area (Å²) in [5, 5.41) is -0.486.